The van der Waals surface area contributed by atoms with E-state index in [9.17, 15) is 9.50 Å². The lowest BCUT2D eigenvalue weighted by Crippen LogP contribution is -2.37. The van der Waals surface area contributed by atoms with Crippen LogP contribution in [-0.2, 0) is 0 Å². The first kappa shape index (κ1) is 12.8. The van der Waals surface area contributed by atoms with E-state index in [0.717, 1.165) is 0 Å². The van der Waals surface area contributed by atoms with Gasteiger partial charge >= 0.3 is 0 Å². The molecule has 4 rings (SSSR count). The monoisotopic (exact) mass is 298 g/mol. The molecule has 4 heterocycles. The summed E-state index contributed by atoms with van der Waals surface area (Å²) < 4.78 is 14.8. The largest absolute Gasteiger partial charge is 0.369 e. The lowest BCUT2D eigenvalue weighted by atomic mass is 10.1. The van der Waals surface area contributed by atoms with Crippen LogP contribution in [0.5, 0.6) is 0 Å². The van der Waals surface area contributed by atoms with E-state index >= 15 is 0 Å². The second kappa shape index (κ2) is 4.57. The molecule has 0 saturated carbocycles. The number of hydrogen-bond donors (Lipinski definition) is 1. The summed E-state index contributed by atoms with van der Waals surface area (Å²) in [5.74, 6) is 1.14. The third-order valence-corrected chi connectivity index (χ3v) is 3.34. The van der Waals surface area contributed by atoms with Crippen LogP contribution in [0.4, 0.5) is 4.39 Å². The number of fused-ring (bicyclic) bond motifs is 2. The van der Waals surface area contributed by atoms with Crippen LogP contribution in [0.2, 0.25) is 0 Å². The van der Waals surface area contributed by atoms with Crippen molar-refractivity contribution in [1.29, 1.82) is 0 Å². The number of nitrogens with zero attached hydrogens (tertiary/aromatic N) is 6. The Balaban J connectivity index is 1.77. The van der Waals surface area contributed by atoms with Gasteiger partial charge in [0.15, 0.2) is 6.23 Å². The molecule has 0 spiro atoms. The molecule has 0 amide bonds. The van der Waals surface area contributed by atoms with E-state index in [-0.39, 0.29) is 0 Å². The maximum Gasteiger partial charge on any atom is 0.252 e. The van der Waals surface area contributed by atoms with Gasteiger partial charge in [0.25, 0.3) is 5.78 Å². The van der Waals surface area contributed by atoms with Crippen LogP contribution >= 0.6 is 0 Å². The lowest BCUT2D eigenvalue weighted by Gasteiger charge is -2.30. The van der Waals surface area contributed by atoms with Crippen LogP contribution in [0.1, 0.15) is 11.4 Å². The fourth-order valence-corrected chi connectivity index (χ4v) is 2.35. The number of aromatic nitrogens is 4. The van der Waals surface area contributed by atoms with Gasteiger partial charge in [-0.2, -0.15) is 10.1 Å². The summed E-state index contributed by atoms with van der Waals surface area (Å²) in [6.45, 7) is 1.78. The number of hydrogen-bond acceptors (Lipinski definition) is 6. The van der Waals surface area contributed by atoms with E-state index in [0.29, 0.717) is 28.7 Å². The topological polar surface area (TPSA) is 78.9 Å². The number of aryl methyl sites for hydroxylation is 1. The van der Waals surface area contributed by atoms with Gasteiger partial charge in [0.1, 0.15) is 17.5 Å². The fourth-order valence-electron chi connectivity index (χ4n) is 2.35. The minimum atomic E-state index is -0.994. The molecular weight excluding hydrogens is 287 g/mol. The van der Waals surface area contributed by atoms with Crippen molar-refractivity contribution in [3.8, 4) is 0 Å². The molecule has 2 aliphatic heterocycles. The molecule has 0 bridgehead atoms. The molecule has 0 aliphatic carbocycles. The molecule has 2 aliphatic rings. The Kier molecular flexibility index (Phi) is 2.67. The first-order valence-electron chi connectivity index (χ1n) is 6.62. The summed E-state index contributed by atoms with van der Waals surface area (Å²) in [5.41, 5.74) is 1.23. The number of rotatable bonds is 1. The zero-order chi connectivity index (χ0) is 15.3. The lowest BCUT2D eigenvalue weighted by molar-refractivity contribution is 0.125. The second-order valence-electron chi connectivity index (χ2n) is 4.94. The summed E-state index contributed by atoms with van der Waals surface area (Å²) in [5, 5.41) is 14.3. The Bertz CT molecular complexity index is 894. The predicted molar refractivity (Wildman–Crippen MR) is 77.1 cm³/mol. The van der Waals surface area contributed by atoms with E-state index in [4.69, 9.17) is 0 Å². The molecule has 7 nitrogen and oxygen atoms in total. The van der Waals surface area contributed by atoms with Gasteiger partial charge in [-0.05, 0) is 25.2 Å². The number of aliphatic imine (C=N–C) groups is 1. The zero-order valence-electron chi connectivity index (χ0n) is 11.5. The average Bonchev–Trinajstić information content (AvgIpc) is 2.87. The van der Waals surface area contributed by atoms with E-state index in [1.54, 1.807) is 23.8 Å². The summed E-state index contributed by atoms with van der Waals surface area (Å²) in [4.78, 5) is 14.1. The molecule has 1 unspecified atom stereocenters. The Labute approximate surface area is 124 Å². The van der Waals surface area contributed by atoms with Gasteiger partial charge in [0, 0.05) is 24.2 Å². The summed E-state index contributed by atoms with van der Waals surface area (Å²) >= 11 is 0. The smallest absolute Gasteiger partial charge is 0.252 e. The fraction of sp³-hybridized carbons (Fsp3) is 0.143. The Hall–Kier alpha value is -2.87. The molecule has 0 saturated heterocycles. The van der Waals surface area contributed by atoms with E-state index in [2.05, 4.69) is 20.1 Å². The molecule has 22 heavy (non-hydrogen) atoms. The highest BCUT2D eigenvalue weighted by atomic mass is 19.1. The van der Waals surface area contributed by atoms with Gasteiger partial charge in [0.2, 0.25) is 0 Å². The number of amidine groups is 1. The first-order valence-corrected chi connectivity index (χ1v) is 6.62. The molecule has 0 aromatic carbocycles. The van der Waals surface area contributed by atoms with Crippen molar-refractivity contribution < 1.29 is 9.50 Å². The predicted octanol–water partition coefficient (Wildman–Crippen LogP) is 1.19. The number of halogens is 1. The minimum absolute atomic E-state index is 0.434. The van der Waals surface area contributed by atoms with Crippen molar-refractivity contribution in [1.82, 2.24) is 24.5 Å². The van der Waals surface area contributed by atoms with Crippen molar-refractivity contribution >= 4 is 17.3 Å². The van der Waals surface area contributed by atoms with Gasteiger partial charge in [-0.15, -0.1) is 0 Å². The van der Waals surface area contributed by atoms with Crippen LogP contribution in [0.3, 0.4) is 0 Å². The first-order chi connectivity index (χ1) is 10.6. The van der Waals surface area contributed by atoms with Crippen molar-refractivity contribution in [3.05, 3.63) is 54.0 Å². The van der Waals surface area contributed by atoms with Gasteiger partial charge in [-0.1, -0.05) is 0 Å². The molecule has 110 valence electrons. The van der Waals surface area contributed by atoms with Crippen molar-refractivity contribution in [3.63, 3.8) is 0 Å². The molecule has 0 fully saturated rings. The maximum absolute atomic E-state index is 13.2. The molecule has 2 aromatic heterocycles. The summed E-state index contributed by atoms with van der Waals surface area (Å²) in [6.07, 6.45) is 7.91. The van der Waals surface area contributed by atoms with E-state index in [1.165, 1.54) is 29.3 Å². The van der Waals surface area contributed by atoms with Crippen molar-refractivity contribution in [2.75, 3.05) is 0 Å². The quantitative estimate of drug-likeness (QED) is 0.855. The molecule has 1 N–H and O–H groups in total. The van der Waals surface area contributed by atoms with Gasteiger partial charge in [-0.3, -0.25) is 0 Å². The van der Waals surface area contributed by atoms with Crippen LogP contribution in [0, 0.1) is 6.92 Å². The molecule has 1 atom stereocenters. The van der Waals surface area contributed by atoms with Crippen LogP contribution in [0.25, 0.3) is 11.5 Å². The van der Waals surface area contributed by atoms with Crippen LogP contribution < -0.4 is 0 Å². The minimum Gasteiger partial charge on any atom is -0.369 e. The van der Waals surface area contributed by atoms with Crippen molar-refractivity contribution in [2.24, 2.45) is 4.99 Å². The van der Waals surface area contributed by atoms with E-state index in [1.807, 2.05) is 0 Å². The second-order valence-corrected chi connectivity index (χ2v) is 4.94. The highest BCUT2D eigenvalue weighted by molar-refractivity contribution is 6.00. The third kappa shape index (κ3) is 2.01. The number of aliphatic hydroxyl groups is 1. The molecule has 2 aromatic rings. The Morgan fingerprint density at radius 3 is 3.05 bits per heavy atom. The SMILES string of the molecule is Cc1nc2ncc(C3=CC(O)N4C=C(F)C=CC4=N3)cn2n1. The Morgan fingerprint density at radius 1 is 1.32 bits per heavy atom. The average molecular weight is 298 g/mol. The highest BCUT2D eigenvalue weighted by Crippen LogP contribution is 2.25. The zero-order valence-corrected chi connectivity index (χ0v) is 11.5. The summed E-state index contributed by atoms with van der Waals surface area (Å²) in [7, 11) is 0. The maximum atomic E-state index is 13.2. The molecule has 0 radical (unpaired) electrons. The van der Waals surface area contributed by atoms with Crippen LogP contribution in [-0.4, -0.2) is 41.7 Å². The van der Waals surface area contributed by atoms with Gasteiger partial charge in [0.05, 0.1) is 5.70 Å². The van der Waals surface area contributed by atoms with Crippen LogP contribution in [0.15, 0.2) is 47.6 Å². The van der Waals surface area contributed by atoms with Gasteiger partial charge < -0.3 is 10.0 Å². The number of allylic oxidation sites excluding steroid dienone is 2. The molecular formula is C14H11FN6O. The van der Waals surface area contributed by atoms with Crippen molar-refractivity contribution in [2.45, 2.75) is 13.2 Å². The molecule has 8 heteroatoms. The normalized spacial score (nSPS) is 20.6. The third-order valence-electron chi connectivity index (χ3n) is 3.34. The van der Waals surface area contributed by atoms with Gasteiger partial charge in [-0.25, -0.2) is 18.9 Å². The Morgan fingerprint density at radius 2 is 2.18 bits per heavy atom. The standard InChI is InChI=1S/C14H11FN6O/c1-8-17-14-16-5-9(6-21(14)19-8)11-4-13(22)20-7-10(15)2-3-12(20)18-11/h2-7,13,22H,1H3. The highest BCUT2D eigenvalue weighted by Gasteiger charge is 2.24. The van der Waals surface area contributed by atoms with E-state index < -0.39 is 12.1 Å². The summed E-state index contributed by atoms with van der Waals surface area (Å²) in [6, 6.07) is 0. The number of aliphatic hydroxyl groups excluding tert-OH is 1.